The van der Waals surface area contributed by atoms with E-state index in [9.17, 15) is 9.59 Å². The zero-order valence-electron chi connectivity index (χ0n) is 15.7. The normalized spacial score (nSPS) is 10.6. The molecule has 5 nitrogen and oxygen atoms in total. The van der Waals surface area contributed by atoms with Crippen molar-refractivity contribution in [1.82, 2.24) is 0 Å². The van der Waals surface area contributed by atoms with Gasteiger partial charge in [-0.1, -0.05) is 37.6 Å². The van der Waals surface area contributed by atoms with E-state index in [4.69, 9.17) is 9.47 Å². The van der Waals surface area contributed by atoms with Crippen LogP contribution in [0, 0.1) is 0 Å². The Bertz CT molecular complexity index is 798. The van der Waals surface area contributed by atoms with Crippen LogP contribution in [0.15, 0.2) is 54.6 Å². The Balaban J connectivity index is 2.00. The van der Waals surface area contributed by atoms with E-state index >= 15 is 0 Å². The average molecular weight is 367 g/mol. The number of hydrogen-bond donors (Lipinski definition) is 1. The first-order valence-electron chi connectivity index (χ1n) is 9.12. The highest BCUT2D eigenvalue weighted by Crippen LogP contribution is 2.19. The molecule has 142 valence electrons. The predicted molar refractivity (Wildman–Crippen MR) is 107 cm³/mol. The standard InChI is InChI=1S/C22H25NO4/c1-3-5-15-27-22(25)18-10-8-11-19(16-18)23-21(24)14-13-17-9-6-7-12-20(17)26-4-2/h6-14,16H,3-5,15H2,1-2H3,(H,23,24)/b14-13+. The summed E-state index contributed by atoms with van der Waals surface area (Å²) in [6.07, 6.45) is 4.92. The van der Waals surface area contributed by atoms with E-state index in [1.807, 2.05) is 38.1 Å². The van der Waals surface area contributed by atoms with Gasteiger partial charge in [-0.2, -0.15) is 0 Å². The molecule has 0 aliphatic carbocycles. The fourth-order valence-corrected chi connectivity index (χ4v) is 2.37. The molecule has 2 aromatic rings. The molecule has 0 fully saturated rings. The average Bonchev–Trinajstić information content (AvgIpc) is 2.68. The topological polar surface area (TPSA) is 64.6 Å². The highest BCUT2D eigenvalue weighted by atomic mass is 16.5. The van der Waals surface area contributed by atoms with Gasteiger partial charge in [-0.15, -0.1) is 0 Å². The molecular formula is C22H25NO4. The number of nitrogens with one attached hydrogen (secondary N) is 1. The van der Waals surface area contributed by atoms with Crippen LogP contribution >= 0.6 is 0 Å². The number of ether oxygens (including phenoxy) is 2. The molecule has 0 saturated heterocycles. The van der Waals surface area contributed by atoms with Crippen LogP contribution in [0.3, 0.4) is 0 Å². The number of esters is 1. The first-order chi connectivity index (χ1) is 13.1. The maximum atomic E-state index is 12.2. The number of rotatable bonds is 9. The second-order valence-electron chi connectivity index (χ2n) is 5.86. The van der Waals surface area contributed by atoms with Crippen LogP contribution < -0.4 is 10.1 Å². The zero-order chi connectivity index (χ0) is 19.5. The molecule has 0 aliphatic heterocycles. The van der Waals surface area contributed by atoms with Crippen molar-refractivity contribution in [3.05, 3.63) is 65.7 Å². The van der Waals surface area contributed by atoms with Gasteiger partial charge in [-0.3, -0.25) is 4.79 Å². The number of carbonyl (C=O) groups excluding carboxylic acids is 2. The second kappa shape index (κ2) is 10.8. The van der Waals surface area contributed by atoms with Gasteiger partial charge in [0.2, 0.25) is 5.91 Å². The molecule has 2 rings (SSSR count). The Labute approximate surface area is 160 Å². The molecule has 2 aromatic carbocycles. The molecule has 0 radical (unpaired) electrons. The van der Waals surface area contributed by atoms with E-state index in [1.54, 1.807) is 30.3 Å². The third kappa shape index (κ3) is 6.62. The Kier molecular flexibility index (Phi) is 8.10. The van der Waals surface area contributed by atoms with Crippen LogP contribution in [0.2, 0.25) is 0 Å². The lowest BCUT2D eigenvalue weighted by Gasteiger charge is -2.07. The van der Waals surface area contributed by atoms with E-state index in [0.29, 0.717) is 24.5 Å². The van der Waals surface area contributed by atoms with Gasteiger partial charge < -0.3 is 14.8 Å². The SMILES string of the molecule is CCCCOC(=O)c1cccc(NC(=O)/C=C/c2ccccc2OCC)c1. The minimum Gasteiger partial charge on any atom is -0.493 e. The molecule has 0 saturated carbocycles. The Morgan fingerprint density at radius 3 is 2.67 bits per heavy atom. The summed E-state index contributed by atoms with van der Waals surface area (Å²) in [6.45, 7) is 4.89. The number of unbranched alkanes of at least 4 members (excludes halogenated alkanes) is 1. The summed E-state index contributed by atoms with van der Waals surface area (Å²) < 4.78 is 10.7. The van der Waals surface area contributed by atoms with E-state index in [2.05, 4.69) is 5.32 Å². The highest BCUT2D eigenvalue weighted by molar-refractivity contribution is 6.02. The molecule has 27 heavy (non-hydrogen) atoms. The van der Waals surface area contributed by atoms with Gasteiger partial charge in [-0.05, 0) is 43.7 Å². The number of benzene rings is 2. The molecule has 1 N–H and O–H groups in total. The van der Waals surface area contributed by atoms with Gasteiger partial charge in [0.05, 0.1) is 18.8 Å². The molecule has 0 aliphatic rings. The van der Waals surface area contributed by atoms with Crippen molar-refractivity contribution in [2.45, 2.75) is 26.7 Å². The van der Waals surface area contributed by atoms with Crippen molar-refractivity contribution in [2.75, 3.05) is 18.5 Å². The molecule has 0 aromatic heterocycles. The van der Waals surface area contributed by atoms with Crippen LogP contribution in [-0.4, -0.2) is 25.1 Å². The van der Waals surface area contributed by atoms with Crippen molar-refractivity contribution in [2.24, 2.45) is 0 Å². The number of para-hydroxylation sites is 1. The van der Waals surface area contributed by atoms with E-state index in [1.165, 1.54) is 6.08 Å². The van der Waals surface area contributed by atoms with E-state index < -0.39 is 0 Å². The van der Waals surface area contributed by atoms with Crippen molar-refractivity contribution in [3.63, 3.8) is 0 Å². The monoisotopic (exact) mass is 367 g/mol. The van der Waals surface area contributed by atoms with Gasteiger partial charge in [0.25, 0.3) is 0 Å². The quantitative estimate of drug-likeness (QED) is 0.397. The number of carbonyl (C=O) groups is 2. The molecule has 0 bridgehead atoms. The number of hydrogen-bond acceptors (Lipinski definition) is 4. The summed E-state index contributed by atoms with van der Waals surface area (Å²) in [6, 6.07) is 14.2. The lowest BCUT2D eigenvalue weighted by atomic mass is 10.2. The van der Waals surface area contributed by atoms with Crippen LogP contribution in [0.25, 0.3) is 6.08 Å². The molecular weight excluding hydrogens is 342 g/mol. The summed E-state index contributed by atoms with van der Waals surface area (Å²) >= 11 is 0. The van der Waals surface area contributed by atoms with Gasteiger partial charge in [0.15, 0.2) is 0 Å². The fraction of sp³-hybridized carbons (Fsp3) is 0.273. The first-order valence-corrected chi connectivity index (χ1v) is 9.12. The Hall–Kier alpha value is -3.08. The molecule has 0 atom stereocenters. The van der Waals surface area contributed by atoms with Gasteiger partial charge in [0, 0.05) is 17.3 Å². The van der Waals surface area contributed by atoms with Crippen molar-refractivity contribution in [1.29, 1.82) is 0 Å². The van der Waals surface area contributed by atoms with Crippen LogP contribution in [-0.2, 0) is 9.53 Å². The van der Waals surface area contributed by atoms with Crippen LogP contribution in [0.4, 0.5) is 5.69 Å². The molecule has 1 amide bonds. The maximum absolute atomic E-state index is 12.2. The number of amides is 1. The summed E-state index contributed by atoms with van der Waals surface area (Å²) in [5.41, 5.74) is 1.77. The molecule has 0 heterocycles. The first kappa shape index (κ1) is 20.2. The summed E-state index contributed by atoms with van der Waals surface area (Å²) in [4.78, 5) is 24.2. The van der Waals surface area contributed by atoms with Gasteiger partial charge >= 0.3 is 5.97 Å². The zero-order valence-corrected chi connectivity index (χ0v) is 15.7. The molecule has 0 unspecified atom stereocenters. The molecule has 0 spiro atoms. The largest absolute Gasteiger partial charge is 0.493 e. The van der Waals surface area contributed by atoms with Crippen molar-refractivity contribution in [3.8, 4) is 5.75 Å². The number of anilines is 1. The summed E-state index contributed by atoms with van der Waals surface area (Å²) in [5, 5.41) is 2.75. The van der Waals surface area contributed by atoms with Gasteiger partial charge in [-0.25, -0.2) is 4.79 Å². The predicted octanol–water partition coefficient (Wildman–Crippen LogP) is 4.69. The molecule has 5 heteroatoms. The lowest BCUT2D eigenvalue weighted by molar-refractivity contribution is -0.111. The summed E-state index contributed by atoms with van der Waals surface area (Å²) in [7, 11) is 0. The maximum Gasteiger partial charge on any atom is 0.338 e. The third-order valence-electron chi connectivity index (χ3n) is 3.73. The van der Waals surface area contributed by atoms with E-state index in [0.717, 1.165) is 24.2 Å². The van der Waals surface area contributed by atoms with Crippen molar-refractivity contribution < 1.29 is 19.1 Å². The fourth-order valence-electron chi connectivity index (χ4n) is 2.37. The van der Waals surface area contributed by atoms with Gasteiger partial charge in [0.1, 0.15) is 5.75 Å². The van der Waals surface area contributed by atoms with E-state index in [-0.39, 0.29) is 11.9 Å². The van der Waals surface area contributed by atoms with Crippen LogP contribution in [0.1, 0.15) is 42.6 Å². The minimum atomic E-state index is -0.388. The third-order valence-corrected chi connectivity index (χ3v) is 3.73. The smallest absolute Gasteiger partial charge is 0.338 e. The highest BCUT2D eigenvalue weighted by Gasteiger charge is 2.08. The van der Waals surface area contributed by atoms with Crippen LogP contribution in [0.5, 0.6) is 5.75 Å². The summed E-state index contributed by atoms with van der Waals surface area (Å²) in [5.74, 6) is 0.0411. The second-order valence-corrected chi connectivity index (χ2v) is 5.86. The Morgan fingerprint density at radius 2 is 1.89 bits per heavy atom. The minimum absolute atomic E-state index is 0.294. The van der Waals surface area contributed by atoms with Crippen molar-refractivity contribution >= 4 is 23.6 Å². The Morgan fingerprint density at radius 1 is 1.07 bits per heavy atom. The lowest BCUT2D eigenvalue weighted by Crippen LogP contribution is -2.10.